The standard InChI is InChI=1S/C25H27N5O2S/c1-17-27-24(30-11-9-29(10-12-30)15-18-5-4-8-26-14-18)23-20(16-33-25(23)28-17)19-6-7-21(31-2)22(13-19)32-3/h4-8,13-14,16H,9-12,15H2,1-3H3. The van der Waals surface area contributed by atoms with Crippen LogP contribution in [0.15, 0.2) is 48.1 Å². The summed E-state index contributed by atoms with van der Waals surface area (Å²) in [6.45, 7) is 6.71. The van der Waals surface area contributed by atoms with Gasteiger partial charge >= 0.3 is 0 Å². The number of methoxy groups -OCH3 is 2. The molecular formula is C25H27N5O2S. The van der Waals surface area contributed by atoms with Crippen LogP contribution in [0.5, 0.6) is 11.5 Å². The molecule has 4 heterocycles. The smallest absolute Gasteiger partial charge is 0.161 e. The quantitative estimate of drug-likeness (QED) is 0.422. The molecule has 33 heavy (non-hydrogen) atoms. The summed E-state index contributed by atoms with van der Waals surface area (Å²) >= 11 is 1.66. The van der Waals surface area contributed by atoms with Gasteiger partial charge in [0.05, 0.1) is 19.6 Å². The number of hydrogen-bond donors (Lipinski definition) is 0. The molecule has 0 atom stereocenters. The lowest BCUT2D eigenvalue weighted by Crippen LogP contribution is -2.46. The average molecular weight is 462 g/mol. The molecule has 0 unspecified atom stereocenters. The zero-order chi connectivity index (χ0) is 22.8. The van der Waals surface area contributed by atoms with E-state index in [9.17, 15) is 0 Å². The number of benzene rings is 1. The zero-order valence-electron chi connectivity index (χ0n) is 19.1. The molecular weight excluding hydrogens is 434 g/mol. The molecule has 0 bridgehead atoms. The first-order chi connectivity index (χ1) is 16.2. The molecule has 0 N–H and O–H groups in total. The van der Waals surface area contributed by atoms with E-state index in [-0.39, 0.29) is 0 Å². The van der Waals surface area contributed by atoms with Crippen molar-refractivity contribution < 1.29 is 9.47 Å². The van der Waals surface area contributed by atoms with E-state index in [4.69, 9.17) is 19.4 Å². The third kappa shape index (κ3) is 4.36. The number of aromatic nitrogens is 3. The summed E-state index contributed by atoms with van der Waals surface area (Å²) in [6.07, 6.45) is 3.77. The van der Waals surface area contributed by atoms with Crippen molar-refractivity contribution in [1.82, 2.24) is 19.9 Å². The lowest BCUT2D eigenvalue weighted by atomic mass is 10.0. The van der Waals surface area contributed by atoms with Crippen molar-refractivity contribution in [3.8, 4) is 22.6 Å². The Hall–Kier alpha value is -3.23. The minimum absolute atomic E-state index is 0.716. The van der Waals surface area contributed by atoms with E-state index in [1.165, 1.54) is 5.56 Å². The van der Waals surface area contributed by atoms with Gasteiger partial charge < -0.3 is 14.4 Å². The summed E-state index contributed by atoms with van der Waals surface area (Å²) in [7, 11) is 3.32. The topological polar surface area (TPSA) is 63.6 Å². The second-order valence-corrected chi connectivity index (χ2v) is 8.98. The zero-order valence-corrected chi connectivity index (χ0v) is 19.9. The number of nitrogens with zero attached hydrogens (tertiary/aromatic N) is 5. The lowest BCUT2D eigenvalue weighted by molar-refractivity contribution is 0.249. The van der Waals surface area contributed by atoms with Crippen molar-refractivity contribution in [3.05, 3.63) is 59.5 Å². The largest absolute Gasteiger partial charge is 0.493 e. The fourth-order valence-electron chi connectivity index (χ4n) is 4.34. The van der Waals surface area contributed by atoms with Gasteiger partial charge in [0, 0.05) is 56.1 Å². The molecule has 170 valence electrons. The molecule has 0 saturated carbocycles. The molecule has 1 saturated heterocycles. The highest BCUT2D eigenvalue weighted by molar-refractivity contribution is 7.17. The van der Waals surface area contributed by atoms with Crippen molar-refractivity contribution in [1.29, 1.82) is 0 Å². The lowest BCUT2D eigenvalue weighted by Gasteiger charge is -2.35. The predicted octanol–water partition coefficient (Wildman–Crippen LogP) is 4.40. The minimum Gasteiger partial charge on any atom is -0.493 e. The van der Waals surface area contributed by atoms with E-state index in [1.54, 1.807) is 25.6 Å². The summed E-state index contributed by atoms with van der Waals surface area (Å²) in [4.78, 5) is 19.8. The third-order valence-corrected chi connectivity index (χ3v) is 6.89. The van der Waals surface area contributed by atoms with Gasteiger partial charge in [0.15, 0.2) is 11.5 Å². The number of thiophene rings is 1. The number of hydrogen-bond acceptors (Lipinski definition) is 8. The van der Waals surface area contributed by atoms with Gasteiger partial charge in [-0.05, 0) is 36.2 Å². The van der Waals surface area contributed by atoms with Crippen LogP contribution in [0, 0.1) is 6.92 Å². The van der Waals surface area contributed by atoms with Crippen LogP contribution in [0.2, 0.25) is 0 Å². The van der Waals surface area contributed by atoms with Gasteiger partial charge in [-0.1, -0.05) is 12.1 Å². The molecule has 3 aromatic heterocycles. The Morgan fingerprint density at radius 2 is 1.82 bits per heavy atom. The van der Waals surface area contributed by atoms with Gasteiger partial charge in [-0.15, -0.1) is 11.3 Å². The Balaban J connectivity index is 1.45. The van der Waals surface area contributed by atoms with Crippen LogP contribution in [0.1, 0.15) is 11.4 Å². The molecule has 0 amide bonds. The molecule has 0 radical (unpaired) electrons. The summed E-state index contributed by atoms with van der Waals surface area (Å²) < 4.78 is 11.0. The summed E-state index contributed by atoms with van der Waals surface area (Å²) in [5.41, 5.74) is 3.45. The maximum atomic E-state index is 5.54. The first-order valence-electron chi connectivity index (χ1n) is 11.0. The number of fused-ring (bicyclic) bond motifs is 1. The Bertz CT molecular complexity index is 1250. The van der Waals surface area contributed by atoms with Gasteiger partial charge in [0.25, 0.3) is 0 Å². The van der Waals surface area contributed by atoms with E-state index in [0.717, 1.165) is 71.5 Å². The van der Waals surface area contributed by atoms with Gasteiger partial charge in [-0.3, -0.25) is 9.88 Å². The van der Waals surface area contributed by atoms with E-state index < -0.39 is 0 Å². The van der Waals surface area contributed by atoms with Crippen LogP contribution in [-0.4, -0.2) is 60.3 Å². The maximum absolute atomic E-state index is 5.54. The highest BCUT2D eigenvalue weighted by Crippen LogP contribution is 2.41. The third-order valence-electron chi connectivity index (χ3n) is 6.02. The van der Waals surface area contributed by atoms with Gasteiger partial charge in [0.1, 0.15) is 16.5 Å². The van der Waals surface area contributed by atoms with Crippen LogP contribution in [0.4, 0.5) is 5.82 Å². The van der Waals surface area contributed by atoms with Crippen LogP contribution in [0.3, 0.4) is 0 Å². The Kier molecular flexibility index (Phi) is 6.11. The molecule has 5 rings (SSSR count). The van der Waals surface area contributed by atoms with Gasteiger partial charge in [-0.2, -0.15) is 0 Å². The highest BCUT2D eigenvalue weighted by Gasteiger charge is 2.23. The van der Waals surface area contributed by atoms with E-state index in [0.29, 0.717) is 5.75 Å². The molecule has 0 aliphatic carbocycles. The highest BCUT2D eigenvalue weighted by atomic mass is 32.1. The van der Waals surface area contributed by atoms with Crippen molar-refractivity contribution in [2.45, 2.75) is 13.5 Å². The van der Waals surface area contributed by atoms with E-state index in [2.05, 4.69) is 32.3 Å². The number of ether oxygens (including phenoxy) is 2. The monoisotopic (exact) mass is 461 g/mol. The number of pyridine rings is 1. The Morgan fingerprint density at radius 3 is 2.55 bits per heavy atom. The summed E-state index contributed by atoms with van der Waals surface area (Å²) in [5.74, 6) is 3.26. The fourth-order valence-corrected chi connectivity index (χ4v) is 5.33. The second-order valence-electron chi connectivity index (χ2n) is 8.12. The Labute approximate surface area is 197 Å². The van der Waals surface area contributed by atoms with Crippen LogP contribution < -0.4 is 14.4 Å². The minimum atomic E-state index is 0.716. The molecule has 1 fully saturated rings. The first kappa shape index (κ1) is 21.6. The number of piperazine rings is 1. The SMILES string of the molecule is COc1ccc(-c2csc3nc(C)nc(N4CCN(Cc5cccnc5)CC4)c23)cc1OC. The molecule has 0 spiro atoms. The Morgan fingerprint density at radius 1 is 1.00 bits per heavy atom. The van der Waals surface area contributed by atoms with Crippen molar-refractivity contribution in [2.75, 3.05) is 45.3 Å². The predicted molar refractivity (Wildman–Crippen MR) is 132 cm³/mol. The molecule has 1 aliphatic rings. The second kappa shape index (κ2) is 9.33. The van der Waals surface area contributed by atoms with Gasteiger partial charge in [-0.25, -0.2) is 9.97 Å². The first-order valence-corrected chi connectivity index (χ1v) is 11.9. The van der Waals surface area contributed by atoms with E-state index >= 15 is 0 Å². The van der Waals surface area contributed by atoms with Gasteiger partial charge in [0.2, 0.25) is 0 Å². The molecule has 1 aliphatic heterocycles. The number of rotatable bonds is 6. The number of aryl methyl sites for hydroxylation is 1. The van der Waals surface area contributed by atoms with Crippen LogP contribution >= 0.6 is 11.3 Å². The van der Waals surface area contributed by atoms with Crippen molar-refractivity contribution >= 4 is 27.4 Å². The molecule has 8 heteroatoms. The molecule has 7 nitrogen and oxygen atoms in total. The summed E-state index contributed by atoms with van der Waals surface area (Å²) in [5, 5.41) is 3.28. The van der Waals surface area contributed by atoms with E-state index in [1.807, 2.05) is 37.5 Å². The average Bonchev–Trinajstić information content (AvgIpc) is 3.28. The maximum Gasteiger partial charge on any atom is 0.161 e. The van der Waals surface area contributed by atoms with Crippen molar-refractivity contribution in [2.24, 2.45) is 0 Å². The number of anilines is 1. The fraction of sp³-hybridized carbons (Fsp3) is 0.320. The summed E-state index contributed by atoms with van der Waals surface area (Å²) in [6, 6.07) is 10.2. The molecule has 1 aromatic carbocycles. The molecule has 4 aromatic rings. The van der Waals surface area contributed by atoms with Crippen LogP contribution in [-0.2, 0) is 6.54 Å². The normalized spacial score (nSPS) is 14.6. The van der Waals surface area contributed by atoms with Crippen LogP contribution in [0.25, 0.3) is 21.3 Å². The van der Waals surface area contributed by atoms with Crippen molar-refractivity contribution in [3.63, 3.8) is 0 Å².